The second-order valence-electron chi connectivity index (χ2n) is 3.53. The maximum Gasteiger partial charge on any atom is 0.00340 e. The first kappa shape index (κ1) is 9.30. The second kappa shape index (κ2) is 4.29. The highest BCUT2D eigenvalue weighted by Gasteiger charge is 2.21. The highest BCUT2D eigenvalue weighted by molar-refractivity contribution is 5.85. The minimum atomic E-state index is 0. The molecule has 0 radical (unpaired) electrons. The fourth-order valence-corrected chi connectivity index (χ4v) is 1.81. The van der Waals surface area contributed by atoms with Gasteiger partial charge in [0.15, 0.2) is 0 Å². The SMILES string of the molecule is C1CCN(CC2CNC2)C1.Cl. The molecule has 0 aromatic rings. The van der Waals surface area contributed by atoms with E-state index in [4.69, 9.17) is 0 Å². The van der Waals surface area contributed by atoms with Gasteiger partial charge in [0.25, 0.3) is 0 Å². The molecule has 0 unspecified atom stereocenters. The lowest BCUT2D eigenvalue weighted by Gasteiger charge is -2.30. The minimum absolute atomic E-state index is 0. The van der Waals surface area contributed by atoms with Crippen LogP contribution < -0.4 is 5.32 Å². The van der Waals surface area contributed by atoms with Crippen molar-refractivity contribution in [3.63, 3.8) is 0 Å². The number of halogens is 1. The molecular formula is C8H17ClN2. The second-order valence-corrected chi connectivity index (χ2v) is 3.53. The van der Waals surface area contributed by atoms with Crippen molar-refractivity contribution >= 4 is 12.4 Å². The van der Waals surface area contributed by atoms with Gasteiger partial charge in [-0.15, -0.1) is 12.4 Å². The zero-order valence-corrected chi connectivity index (χ0v) is 7.70. The van der Waals surface area contributed by atoms with Crippen LogP contribution >= 0.6 is 12.4 Å². The van der Waals surface area contributed by atoms with Crippen LogP contribution in [-0.2, 0) is 0 Å². The van der Waals surface area contributed by atoms with Crippen molar-refractivity contribution in [3.05, 3.63) is 0 Å². The quantitative estimate of drug-likeness (QED) is 0.668. The molecule has 2 rings (SSSR count). The van der Waals surface area contributed by atoms with Gasteiger partial charge in [-0.25, -0.2) is 0 Å². The topological polar surface area (TPSA) is 15.3 Å². The maximum absolute atomic E-state index is 3.31. The molecular weight excluding hydrogens is 160 g/mol. The van der Waals surface area contributed by atoms with Crippen LogP contribution in [0.25, 0.3) is 0 Å². The summed E-state index contributed by atoms with van der Waals surface area (Å²) in [5.74, 6) is 0.970. The third-order valence-electron chi connectivity index (χ3n) is 2.58. The summed E-state index contributed by atoms with van der Waals surface area (Å²) < 4.78 is 0. The summed E-state index contributed by atoms with van der Waals surface area (Å²) in [5.41, 5.74) is 0. The number of hydrogen-bond donors (Lipinski definition) is 1. The van der Waals surface area contributed by atoms with E-state index in [9.17, 15) is 0 Å². The molecule has 0 atom stereocenters. The van der Waals surface area contributed by atoms with Crippen LogP contribution in [0.4, 0.5) is 0 Å². The molecule has 1 N–H and O–H groups in total. The number of nitrogens with zero attached hydrogens (tertiary/aromatic N) is 1. The van der Waals surface area contributed by atoms with E-state index in [0.29, 0.717) is 0 Å². The predicted molar refractivity (Wildman–Crippen MR) is 49.3 cm³/mol. The third kappa shape index (κ3) is 2.32. The van der Waals surface area contributed by atoms with E-state index in [-0.39, 0.29) is 12.4 Å². The average molecular weight is 177 g/mol. The lowest BCUT2D eigenvalue weighted by molar-refractivity contribution is 0.224. The highest BCUT2D eigenvalue weighted by atomic mass is 35.5. The molecule has 3 heteroatoms. The lowest BCUT2D eigenvalue weighted by Crippen LogP contribution is -2.47. The Kier molecular flexibility index (Phi) is 3.63. The molecule has 66 valence electrons. The van der Waals surface area contributed by atoms with E-state index < -0.39 is 0 Å². The molecule has 0 amide bonds. The van der Waals surface area contributed by atoms with E-state index in [0.717, 1.165) is 5.92 Å². The van der Waals surface area contributed by atoms with Gasteiger partial charge in [-0.3, -0.25) is 0 Å². The van der Waals surface area contributed by atoms with Crippen molar-refractivity contribution in [2.45, 2.75) is 12.8 Å². The van der Waals surface area contributed by atoms with E-state index in [1.54, 1.807) is 0 Å². The van der Waals surface area contributed by atoms with Crippen molar-refractivity contribution in [2.24, 2.45) is 5.92 Å². The molecule has 0 aromatic carbocycles. The summed E-state index contributed by atoms with van der Waals surface area (Å²) in [5, 5.41) is 3.31. The Hall–Kier alpha value is 0.210. The fraction of sp³-hybridized carbons (Fsp3) is 1.00. The van der Waals surface area contributed by atoms with Crippen LogP contribution in [0.5, 0.6) is 0 Å². The van der Waals surface area contributed by atoms with Gasteiger partial charge in [-0.1, -0.05) is 0 Å². The van der Waals surface area contributed by atoms with Gasteiger partial charge in [-0.2, -0.15) is 0 Å². The molecule has 0 aromatic heterocycles. The van der Waals surface area contributed by atoms with Gasteiger partial charge < -0.3 is 10.2 Å². The Morgan fingerprint density at radius 1 is 1.18 bits per heavy atom. The summed E-state index contributed by atoms with van der Waals surface area (Å²) >= 11 is 0. The molecule has 2 heterocycles. The van der Waals surface area contributed by atoms with Gasteiger partial charge in [0.2, 0.25) is 0 Å². The van der Waals surface area contributed by atoms with E-state index in [1.807, 2.05) is 0 Å². The number of rotatable bonds is 2. The Morgan fingerprint density at radius 3 is 2.27 bits per heavy atom. The first-order chi connectivity index (χ1) is 4.95. The lowest BCUT2D eigenvalue weighted by atomic mass is 10.0. The Bertz CT molecular complexity index is 109. The summed E-state index contributed by atoms with van der Waals surface area (Å²) in [6, 6.07) is 0. The first-order valence-corrected chi connectivity index (χ1v) is 4.38. The van der Waals surface area contributed by atoms with E-state index in [2.05, 4.69) is 10.2 Å². The molecule has 2 aliphatic heterocycles. The molecule has 11 heavy (non-hydrogen) atoms. The molecule has 0 saturated carbocycles. The van der Waals surface area contributed by atoms with Crippen molar-refractivity contribution in [1.82, 2.24) is 10.2 Å². The van der Waals surface area contributed by atoms with Crippen molar-refractivity contribution in [1.29, 1.82) is 0 Å². The largest absolute Gasteiger partial charge is 0.316 e. The zero-order valence-electron chi connectivity index (χ0n) is 6.88. The van der Waals surface area contributed by atoms with E-state index in [1.165, 1.54) is 45.6 Å². The van der Waals surface area contributed by atoms with Crippen LogP contribution in [0.1, 0.15) is 12.8 Å². The molecule has 2 aliphatic rings. The van der Waals surface area contributed by atoms with Crippen LogP contribution in [0.2, 0.25) is 0 Å². The van der Waals surface area contributed by atoms with Crippen LogP contribution in [0.15, 0.2) is 0 Å². The van der Waals surface area contributed by atoms with Crippen molar-refractivity contribution in [3.8, 4) is 0 Å². The van der Waals surface area contributed by atoms with Crippen LogP contribution in [0, 0.1) is 5.92 Å². The molecule has 0 aliphatic carbocycles. The van der Waals surface area contributed by atoms with Gasteiger partial charge in [0.1, 0.15) is 0 Å². The minimum Gasteiger partial charge on any atom is -0.316 e. The van der Waals surface area contributed by atoms with Gasteiger partial charge >= 0.3 is 0 Å². The van der Waals surface area contributed by atoms with Crippen LogP contribution in [-0.4, -0.2) is 37.6 Å². The van der Waals surface area contributed by atoms with Crippen molar-refractivity contribution < 1.29 is 0 Å². The maximum atomic E-state index is 3.31. The van der Waals surface area contributed by atoms with Gasteiger partial charge in [0.05, 0.1) is 0 Å². The summed E-state index contributed by atoms with van der Waals surface area (Å²) in [4.78, 5) is 2.60. The Morgan fingerprint density at radius 2 is 1.82 bits per heavy atom. The number of likely N-dealkylation sites (tertiary alicyclic amines) is 1. The summed E-state index contributed by atoms with van der Waals surface area (Å²) in [6.45, 7) is 6.59. The smallest absolute Gasteiger partial charge is 0.00340 e. The third-order valence-corrected chi connectivity index (χ3v) is 2.58. The summed E-state index contributed by atoms with van der Waals surface area (Å²) in [7, 11) is 0. The molecule has 2 nitrogen and oxygen atoms in total. The monoisotopic (exact) mass is 176 g/mol. The van der Waals surface area contributed by atoms with Crippen molar-refractivity contribution in [2.75, 3.05) is 32.7 Å². The average Bonchev–Trinajstić information content (AvgIpc) is 2.29. The molecule has 0 bridgehead atoms. The Labute approximate surface area is 74.7 Å². The summed E-state index contributed by atoms with van der Waals surface area (Å²) in [6.07, 6.45) is 2.86. The van der Waals surface area contributed by atoms with E-state index >= 15 is 0 Å². The zero-order chi connectivity index (χ0) is 6.81. The number of nitrogens with one attached hydrogen (secondary N) is 1. The van der Waals surface area contributed by atoms with Crippen LogP contribution in [0.3, 0.4) is 0 Å². The Balaban J connectivity index is 0.000000605. The fourth-order valence-electron chi connectivity index (χ4n) is 1.81. The first-order valence-electron chi connectivity index (χ1n) is 4.38. The molecule has 2 fully saturated rings. The van der Waals surface area contributed by atoms with Gasteiger partial charge in [0, 0.05) is 19.6 Å². The molecule has 2 saturated heterocycles. The normalized spacial score (nSPS) is 26.2. The predicted octanol–water partition coefficient (Wildman–Crippen LogP) is 0.723. The highest BCUT2D eigenvalue weighted by Crippen LogP contribution is 2.12. The standard InChI is InChI=1S/C8H16N2.ClH/c1-2-4-10(3-1)7-8-5-9-6-8;/h8-9H,1-7H2;1H. The number of hydrogen-bond acceptors (Lipinski definition) is 2. The molecule has 0 spiro atoms. The van der Waals surface area contributed by atoms with Gasteiger partial charge in [-0.05, 0) is 31.8 Å².